The van der Waals surface area contributed by atoms with Crippen LogP contribution in [0.2, 0.25) is 0 Å². The first kappa shape index (κ1) is 17.8. The summed E-state index contributed by atoms with van der Waals surface area (Å²) in [5.74, 6) is 0.441. The third kappa shape index (κ3) is 4.28. The van der Waals surface area contributed by atoms with Crippen molar-refractivity contribution in [3.05, 3.63) is 29.8 Å². The summed E-state index contributed by atoms with van der Waals surface area (Å²) in [5, 5.41) is 0. The van der Waals surface area contributed by atoms with Gasteiger partial charge < -0.3 is 20.1 Å². The second kappa shape index (κ2) is 8.38. The van der Waals surface area contributed by atoms with Crippen LogP contribution in [0, 0.1) is 0 Å². The molecule has 1 fully saturated rings. The van der Waals surface area contributed by atoms with Crippen LogP contribution in [0.1, 0.15) is 31.2 Å². The second-order valence-electron chi connectivity index (χ2n) is 5.79. The lowest BCUT2D eigenvalue weighted by atomic mass is 10.1. The number of benzene rings is 1. The van der Waals surface area contributed by atoms with Crippen LogP contribution in [-0.2, 0) is 9.59 Å². The summed E-state index contributed by atoms with van der Waals surface area (Å²) in [7, 11) is 3.11. The van der Waals surface area contributed by atoms with Gasteiger partial charge in [-0.2, -0.15) is 0 Å². The molecule has 2 N–H and O–H groups in total. The van der Waals surface area contributed by atoms with Crippen LogP contribution in [0.4, 0.5) is 0 Å². The molecule has 2 rings (SSSR count). The lowest BCUT2D eigenvalue weighted by Gasteiger charge is -2.26. The van der Waals surface area contributed by atoms with E-state index in [9.17, 15) is 9.59 Å². The molecule has 1 aliphatic rings. The fourth-order valence-corrected chi connectivity index (χ4v) is 3.07. The minimum atomic E-state index is -0.498. The molecule has 1 aliphatic carbocycles. The van der Waals surface area contributed by atoms with E-state index in [1.54, 1.807) is 31.3 Å². The van der Waals surface area contributed by atoms with Crippen molar-refractivity contribution in [1.82, 2.24) is 4.90 Å². The largest absolute Gasteiger partial charge is 0.493 e. The third-order valence-electron chi connectivity index (χ3n) is 4.21. The van der Waals surface area contributed by atoms with E-state index in [1.165, 1.54) is 6.08 Å². The number of hydrogen-bond acceptors (Lipinski definition) is 4. The van der Waals surface area contributed by atoms with Gasteiger partial charge in [-0.05, 0) is 25.0 Å². The molecule has 2 amide bonds. The molecular formula is C18H24N2O4. The zero-order valence-corrected chi connectivity index (χ0v) is 14.2. The molecule has 0 bridgehead atoms. The average Bonchev–Trinajstić information content (AvgIpc) is 3.11. The topological polar surface area (TPSA) is 81.9 Å². The van der Waals surface area contributed by atoms with Gasteiger partial charge in [0.05, 0.1) is 20.8 Å². The SMILES string of the molecule is COc1cccc(C=CC(=O)N(CC(N)=O)C2CCCC2)c1OC. The van der Waals surface area contributed by atoms with Gasteiger partial charge in [-0.15, -0.1) is 0 Å². The number of carbonyl (C=O) groups excluding carboxylic acids is 2. The van der Waals surface area contributed by atoms with Crippen molar-refractivity contribution in [2.75, 3.05) is 20.8 Å². The summed E-state index contributed by atoms with van der Waals surface area (Å²) in [6.45, 7) is -0.0525. The van der Waals surface area contributed by atoms with E-state index in [0.29, 0.717) is 11.5 Å². The Morgan fingerprint density at radius 1 is 1.25 bits per heavy atom. The Labute approximate surface area is 142 Å². The zero-order valence-electron chi connectivity index (χ0n) is 14.2. The van der Waals surface area contributed by atoms with E-state index >= 15 is 0 Å². The number of amides is 2. The van der Waals surface area contributed by atoms with E-state index in [-0.39, 0.29) is 18.5 Å². The predicted molar refractivity (Wildman–Crippen MR) is 91.7 cm³/mol. The maximum Gasteiger partial charge on any atom is 0.247 e. The molecule has 0 unspecified atom stereocenters. The number of nitrogens with two attached hydrogens (primary N) is 1. The van der Waals surface area contributed by atoms with E-state index in [0.717, 1.165) is 31.2 Å². The molecule has 0 radical (unpaired) electrons. The predicted octanol–water partition coefficient (Wildman–Crippen LogP) is 1.97. The number of para-hydroxylation sites is 1. The Morgan fingerprint density at radius 2 is 1.96 bits per heavy atom. The van der Waals surface area contributed by atoms with Crippen LogP contribution >= 0.6 is 0 Å². The number of hydrogen-bond donors (Lipinski definition) is 1. The molecule has 130 valence electrons. The summed E-state index contributed by atoms with van der Waals surface area (Å²) in [4.78, 5) is 25.4. The number of methoxy groups -OCH3 is 2. The first-order valence-corrected chi connectivity index (χ1v) is 8.04. The Balaban J connectivity index is 2.19. The van der Waals surface area contributed by atoms with Gasteiger partial charge in [-0.1, -0.05) is 25.0 Å². The Morgan fingerprint density at radius 3 is 2.54 bits per heavy atom. The van der Waals surface area contributed by atoms with Crippen molar-refractivity contribution in [3.8, 4) is 11.5 Å². The Bertz CT molecular complexity index is 621. The first-order valence-electron chi connectivity index (χ1n) is 8.04. The highest BCUT2D eigenvalue weighted by Gasteiger charge is 2.26. The normalized spacial score (nSPS) is 14.8. The fourth-order valence-electron chi connectivity index (χ4n) is 3.07. The highest BCUT2D eigenvalue weighted by Crippen LogP contribution is 2.31. The van der Waals surface area contributed by atoms with Crippen LogP contribution < -0.4 is 15.2 Å². The van der Waals surface area contributed by atoms with Gasteiger partial charge in [0.1, 0.15) is 0 Å². The summed E-state index contributed by atoms with van der Waals surface area (Å²) in [6.07, 6.45) is 7.09. The standard InChI is InChI=1S/C18H24N2O4/c1-23-15-9-5-6-13(18(15)24-2)10-11-17(22)20(12-16(19)21)14-7-3-4-8-14/h5-6,9-11,14H,3-4,7-8,12H2,1-2H3,(H2,19,21). The molecule has 0 atom stereocenters. The quantitative estimate of drug-likeness (QED) is 0.774. The molecule has 1 aromatic carbocycles. The van der Waals surface area contributed by atoms with Gasteiger partial charge in [0.2, 0.25) is 11.8 Å². The van der Waals surface area contributed by atoms with Gasteiger partial charge in [0, 0.05) is 17.7 Å². The van der Waals surface area contributed by atoms with Gasteiger partial charge in [0.25, 0.3) is 0 Å². The molecule has 0 spiro atoms. The zero-order chi connectivity index (χ0) is 17.5. The number of ether oxygens (including phenoxy) is 2. The van der Waals surface area contributed by atoms with Crippen LogP contribution in [-0.4, -0.2) is 43.5 Å². The van der Waals surface area contributed by atoms with Crippen molar-refractivity contribution in [1.29, 1.82) is 0 Å². The minimum Gasteiger partial charge on any atom is -0.493 e. The van der Waals surface area contributed by atoms with Gasteiger partial charge >= 0.3 is 0 Å². The van der Waals surface area contributed by atoms with Crippen molar-refractivity contribution >= 4 is 17.9 Å². The highest BCUT2D eigenvalue weighted by atomic mass is 16.5. The molecule has 0 aliphatic heterocycles. The lowest BCUT2D eigenvalue weighted by molar-refractivity contribution is -0.133. The molecular weight excluding hydrogens is 308 g/mol. The molecule has 6 nitrogen and oxygen atoms in total. The van der Waals surface area contributed by atoms with Crippen LogP contribution in [0.5, 0.6) is 11.5 Å². The molecule has 24 heavy (non-hydrogen) atoms. The van der Waals surface area contributed by atoms with Gasteiger partial charge in [0.15, 0.2) is 11.5 Å². The Hall–Kier alpha value is -2.50. The fraction of sp³-hybridized carbons (Fsp3) is 0.444. The molecule has 1 saturated carbocycles. The number of nitrogens with zero attached hydrogens (tertiary/aromatic N) is 1. The lowest BCUT2D eigenvalue weighted by Crippen LogP contribution is -2.43. The van der Waals surface area contributed by atoms with E-state index in [4.69, 9.17) is 15.2 Å². The molecule has 6 heteroatoms. The molecule has 0 heterocycles. The number of primary amides is 1. The molecule has 1 aromatic rings. The van der Waals surface area contributed by atoms with Gasteiger partial charge in [-0.3, -0.25) is 9.59 Å². The van der Waals surface area contributed by atoms with Crippen LogP contribution in [0.3, 0.4) is 0 Å². The summed E-state index contributed by atoms with van der Waals surface area (Å²) < 4.78 is 10.6. The molecule has 0 saturated heterocycles. The summed E-state index contributed by atoms with van der Waals surface area (Å²) in [5.41, 5.74) is 6.03. The van der Waals surface area contributed by atoms with Crippen LogP contribution in [0.25, 0.3) is 6.08 Å². The van der Waals surface area contributed by atoms with Crippen molar-refractivity contribution < 1.29 is 19.1 Å². The molecule has 0 aromatic heterocycles. The number of carbonyl (C=O) groups is 2. The summed E-state index contributed by atoms with van der Waals surface area (Å²) >= 11 is 0. The smallest absolute Gasteiger partial charge is 0.247 e. The van der Waals surface area contributed by atoms with Crippen LogP contribution in [0.15, 0.2) is 24.3 Å². The van der Waals surface area contributed by atoms with E-state index in [2.05, 4.69) is 0 Å². The van der Waals surface area contributed by atoms with E-state index in [1.807, 2.05) is 12.1 Å². The minimum absolute atomic E-state index is 0.0525. The first-order chi connectivity index (χ1) is 11.6. The maximum absolute atomic E-state index is 12.6. The monoisotopic (exact) mass is 332 g/mol. The van der Waals surface area contributed by atoms with Crippen molar-refractivity contribution in [3.63, 3.8) is 0 Å². The van der Waals surface area contributed by atoms with Crippen molar-refractivity contribution in [2.45, 2.75) is 31.7 Å². The summed E-state index contributed by atoms with van der Waals surface area (Å²) in [6, 6.07) is 5.53. The number of rotatable bonds is 7. The Kier molecular flexibility index (Phi) is 6.23. The van der Waals surface area contributed by atoms with E-state index < -0.39 is 5.91 Å². The maximum atomic E-state index is 12.6. The van der Waals surface area contributed by atoms with Gasteiger partial charge in [-0.25, -0.2) is 0 Å². The second-order valence-corrected chi connectivity index (χ2v) is 5.79. The third-order valence-corrected chi connectivity index (χ3v) is 4.21. The highest BCUT2D eigenvalue weighted by molar-refractivity contribution is 5.94. The van der Waals surface area contributed by atoms with Crippen molar-refractivity contribution in [2.24, 2.45) is 5.73 Å². The average molecular weight is 332 g/mol.